The summed E-state index contributed by atoms with van der Waals surface area (Å²) in [4.78, 5) is 22.3. The van der Waals surface area contributed by atoms with E-state index in [-0.39, 0.29) is 0 Å². The molecule has 18 heavy (non-hydrogen) atoms. The van der Waals surface area contributed by atoms with Crippen molar-refractivity contribution in [3.63, 3.8) is 0 Å². The molecule has 6 nitrogen and oxygen atoms in total. The number of aliphatic hydroxyl groups is 1. The molecule has 3 atom stereocenters. The van der Waals surface area contributed by atoms with Gasteiger partial charge in [-0.25, -0.2) is 0 Å². The smallest absolute Gasteiger partial charge is 0.322 e. The number of carboxylic acids is 2. The molecule has 0 aliphatic carbocycles. The Morgan fingerprint density at radius 3 is 2.22 bits per heavy atom. The number of carbonyl (C=O) groups excluding carboxylic acids is 1. The van der Waals surface area contributed by atoms with Crippen LogP contribution in [-0.4, -0.2) is 43.9 Å². The first-order valence-corrected chi connectivity index (χ1v) is 6.44. The van der Waals surface area contributed by atoms with Gasteiger partial charge in [0.1, 0.15) is 6.04 Å². The Morgan fingerprint density at radius 1 is 1.44 bits per heavy atom. The van der Waals surface area contributed by atoms with E-state index < -0.39 is 39.6 Å². The average Bonchev–Trinajstić information content (AvgIpc) is 2.37. The van der Waals surface area contributed by atoms with Crippen molar-refractivity contribution in [2.24, 2.45) is 5.92 Å². The van der Waals surface area contributed by atoms with Crippen molar-refractivity contribution in [3.05, 3.63) is 0 Å². The second-order valence-corrected chi connectivity index (χ2v) is 7.33. The Kier molecular flexibility index (Phi) is 4.00. The van der Waals surface area contributed by atoms with Crippen LogP contribution in [0.15, 0.2) is 0 Å². The fourth-order valence-corrected chi connectivity index (χ4v) is 3.85. The van der Waals surface area contributed by atoms with Gasteiger partial charge in [0.25, 0.3) is 0 Å². The highest BCUT2D eigenvalue weighted by molar-refractivity contribution is 8.01. The van der Waals surface area contributed by atoms with Gasteiger partial charge in [-0.2, -0.15) is 0 Å². The van der Waals surface area contributed by atoms with E-state index in [1.807, 2.05) is 0 Å². The molecule has 1 aliphatic heterocycles. The van der Waals surface area contributed by atoms with Gasteiger partial charge in [-0.05, 0) is 27.7 Å². The van der Waals surface area contributed by atoms with E-state index in [0.29, 0.717) is 0 Å². The lowest BCUT2D eigenvalue weighted by Gasteiger charge is -2.34. The van der Waals surface area contributed by atoms with Crippen molar-refractivity contribution in [1.29, 1.82) is 0 Å². The fourth-order valence-electron chi connectivity index (χ4n) is 2.11. The molecule has 0 saturated carbocycles. The highest BCUT2D eigenvalue weighted by Crippen LogP contribution is 2.42. The number of hydrogen-bond acceptors (Lipinski definition) is 6. The molecule has 104 valence electrons. The zero-order valence-corrected chi connectivity index (χ0v) is 11.6. The molecule has 1 heterocycles. The van der Waals surface area contributed by atoms with Crippen LogP contribution in [0.25, 0.3) is 0 Å². The lowest BCUT2D eigenvalue weighted by Crippen LogP contribution is -2.54. The Bertz CT molecular complexity index is 363. The number of hydrogen-bond donors (Lipinski definition) is 3. The monoisotopic (exact) mass is 276 g/mol. The van der Waals surface area contributed by atoms with Crippen molar-refractivity contribution < 1.29 is 24.9 Å². The highest BCUT2D eigenvalue weighted by atomic mass is 32.2. The van der Waals surface area contributed by atoms with Crippen LogP contribution >= 0.6 is 11.8 Å². The average molecular weight is 276 g/mol. The number of thioether (sulfide) groups is 1. The molecule has 1 rings (SSSR count). The topological polar surface area (TPSA) is 110 Å². The van der Waals surface area contributed by atoms with Crippen LogP contribution in [0.5, 0.6) is 0 Å². The normalized spacial score (nSPS) is 28.9. The van der Waals surface area contributed by atoms with Gasteiger partial charge in [-0.1, -0.05) is 0 Å². The van der Waals surface area contributed by atoms with E-state index in [1.165, 1.54) is 25.6 Å². The van der Waals surface area contributed by atoms with E-state index in [0.717, 1.165) is 0 Å². The Labute approximate surface area is 110 Å². The van der Waals surface area contributed by atoms with E-state index in [9.17, 15) is 19.8 Å². The molecular weight excluding hydrogens is 258 g/mol. The van der Waals surface area contributed by atoms with Crippen molar-refractivity contribution in [2.75, 3.05) is 0 Å². The van der Waals surface area contributed by atoms with Crippen LogP contribution in [0, 0.1) is 5.92 Å². The minimum absolute atomic E-state index is 0.657. The summed E-state index contributed by atoms with van der Waals surface area (Å²) in [7, 11) is 0. The van der Waals surface area contributed by atoms with Crippen LogP contribution in [-0.2, 0) is 9.59 Å². The van der Waals surface area contributed by atoms with Crippen LogP contribution in [0.2, 0.25) is 0 Å². The van der Waals surface area contributed by atoms with Crippen LogP contribution < -0.4 is 10.4 Å². The van der Waals surface area contributed by atoms with Gasteiger partial charge >= 0.3 is 5.97 Å². The maximum atomic E-state index is 11.1. The molecule has 0 amide bonds. The van der Waals surface area contributed by atoms with Gasteiger partial charge in [-0.3, -0.25) is 10.1 Å². The third-order valence-corrected chi connectivity index (χ3v) is 4.53. The number of carbonyl (C=O) groups is 2. The largest absolute Gasteiger partial charge is 0.550 e. The first-order valence-electron chi connectivity index (χ1n) is 5.56. The number of nitrogens with one attached hydrogen (secondary N) is 1. The highest BCUT2D eigenvalue weighted by Gasteiger charge is 2.50. The summed E-state index contributed by atoms with van der Waals surface area (Å²) in [6, 6.07) is -0.864. The molecule has 1 saturated heterocycles. The first kappa shape index (κ1) is 15.3. The lowest BCUT2D eigenvalue weighted by atomic mass is 9.90. The molecule has 0 unspecified atom stereocenters. The number of aliphatic carboxylic acids is 2. The predicted octanol–water partition coefficient (Wildman–Crippen LogP) is -0.982. The summed E-state index contributed by atoms with van der Waals surface area (Å²) >= 11 is 1.19. The molecule has 1 fully saturated rings. The molecule has 1 aliphatic rings. The SMILES string of the molecule is CC(C)(O)[C@@H](C(=O)[O-])[C@@H]1N[C@@H](C(=O)O)C(C)(C)S1. The Morgan fingerprint density at radius 2 is 1.94 bits per heavy atom. The standard InChI is InChI=1S/C11H19NO5S/c1-10(2,17)5(8(13)14)7-12-6(9(15)16)11(3,4)18-7/h5-7,12,17H,1-4H3,(H,13,14)(H,15,16)/p-1/t5-,6+,7-/m1/s1. The molecule has 7 heteroatoms. The minimum Gasteiger partial charge on any atom is -0.550 e. The molecule has 0 radical (unpaired) electrons. The maximum Gasteiger partial charge on any atom is 0.322 e. The van der Waals surface area contributed by atoms with Gasteiger partial charge in [-0.15, -0.1) is 11.8 Å². The van der Waals surface area contributed by atoms with Gasteiger partial charge in [0, 0.05) is 10.7 Å². The quantitative estimate of drug-likeness (QED) is 0.605. The third-order valence-electron chi connectivity index (χ3n) is 3.02. The number of carboxylic acid groups (broad SMARTS) is 2. The van der Waals surface area contributed by atoms with Gasteiger partial charge in [0.15, 0.2) is 0 Å². The Hall–Kier alpha value is -0.790. The van der Waals surface area contributed by atoms with E-state index in [2.05, 4.69) is 5.32 Å². The van der Waals surface area contributed by atoms with Crippen molar-refractivity contribution in [2.45, 2.75) is 49.5 Å². The fraction of sp³-hybridized carbons (Fsp3) is 0.818. The third kappa shape index (κ3) is 2.96. The molecule has 0 spiro atoms. The predicted molar refractivity (Wildman–Crippen MR) is 64.8 cm³/mol. The zero-order valence-electron chi connectivity index (χ0n) is 10.8. The van der Waals surface area contributed by atoms with Crippen LogP contribution in [0.3, 0.4) is 0 Å². The first-order chi connectivity index (χ1) is 7.97. The summed E-state index contributed by atoms with van der Waals surface area (Å²) < 4.78 is -0.657. The summed E-state index contributed by atoms with van der Waals surface area (Å²) in [5.74, 6) is -3.62. The summed E-state index contributed by atoms with van der Waals surface area (Å²) in [5, 5.41) is 32.2. The van der Waals surface area contributed by atoms with Crippen molar-refractivity contribution >= 4 is 23.7 Å². The zero-order chi connectivity index (χ0) is 14.3. The molecular formula is C11H18NO5S-. The molecule has 0 aromatic carbocycles. The molecule has 0 bridgehead atoms. The number of rotatable bonds is 4. The molecule has 0 aromatic heterocycles. The van der Waals surface area contributed by atoms with Crippen molar-refractivity contribution in [3.8, 4) is 0 Å². The lowest BCUT2D eigenvalue weighted by molar-refractivity contribution is -0.316. The van der Waals surface area contributed by atoms with E-state index >= 15 is 0 Å². The second kappa shape index (κ2) is 4.71. The van der Waals surface area contributed by atoms with Gasteiger partial charge in [0.05, 0.1) is 16.9 Å². The molecule has 3 N–H and O–H groups in total. The minimum atomic E-state index is -1.49. The molecule has 0 aromatic rings. The van der Waals surface area contributed by atoms with Crippen LogP contribution in [0.1, 0.15) is 27.7 Å². The van der Waals surface area contributed by atoms with E-state index in [4.69, 9.17) is 5.11 Å². The summed E-state index contributed by atoms with van der Waals surface area (Å²) in [5.41, 5.74) is -1.49. The maximum absolute atomic E-state index is 11.1. The van der Waals surface area contributed by atoms with E-state index in [1.54, 1.807) is 13.8 Å². The summed E-state index contributed by atoms with van der Waals surface area (Å²) in [6.07, 6.45) is 0. The van der Waals surface area contributed by atoms with Gasteiger partial charge < -0.3 is 20.1 Å². The second-order valence-electron chi connectivity index (χ2n) is 5.53. The van der Waals surface area contributed by atoms with Crippen LogP contribution in [0.4, 0.5) is 0 Å². The van der Waals surface area contributed by atoms with Crippen molar-refractivity contribution in [1.82, 2.24) is 5.32 Å². The van der Waals surface area contributed by atoms with Gasteiger partial charge in [0.2, 0.25) is 0 Å². The Balaban J connectivity index is 2.99. The summed E-state index contributed by atoms with van der Waals surface area (Å²) in [6.45, 7) is 6.19.